The molecule has 2 heteroatoms. The number of nitrogens with zero attached hydrogens (tertiary/aromatic N) is 1. The number of hydrogen-bond donors (Lipinski definition) is 0. The molecule has 0 bridgehead atoms. The van der Waals surface area contributed by atoms with Gasteiger partial charge in [0.25, 0.3) is 0 Å². The maximum atomic E-state index is 6.28. The number of benzene rings is 2. The molecular formula is C27H26ClN. The molecule has 0 N–H and O–H groups in total. The molecule has 0 spiro atoms. The lowest BCUT2D eigenvalue weighted by atomic mass is 9.62. The van der Waals surface area contributed by atoms with Gasteiger partial charge in [-0.05, 0) is 81.5 Å². The summed E-state index contributed by atoms with van der Waals surface area (Å²) in [4.78, 5) is 4.19. The van der Waals surface area contributed by atoms with Crippen LogP contribution in [0.15, 0.2) is 90.8 Å². The van der Waals surface area contributed by atoms with Crippen molar-refractivity contribution in [3.8, 4) is 0 Å². The maximum absolute atomic E-state index is 6.28. The molecule has 1 aliphatic carbocycles. The number of halogens is 1. The van der Waals surface area contributed by atoms with E-state index in [4.69, 9.17) is 11.6 Å². The standard InChI is InChI=1S/C27H26ClN/c1-19-16-27(3,17-19)18-26(24-9-8-21-6-4-5-7-23(21)15-24)25(14-20(2)28)22-10-12-29-13-11-22/h4-15,18-19H,2,16-17H2,1,3H3. The van der Waals surface area contributed by atoms with Crippen LogP contribution in [-0.4, -0.2) is 4.98 Å². The third-order valence-electron chi connectivity index (χ3n) is 5.77. The summed E-state index contributed by atoms with van der Waals surface area (Å²) in [7, 11) is 0. The molecule has 1 saturated carbocycles. The van der Waals surface area contributed by atoms with E-state index in [-0.39, 0.29) is 5.41 Å². The zero-order chi connectivity index (χ0) is 20.4. The van der Waals surface area contributed by atoms with Gasteiger partial charge in [0.1, 0.15) is 0 Å². The summed E-state index contributed by atoms with van der Waals surface area (Å²) in [5.74, 6) is 0.769. The van der Waals surface area contributed by atoms with Crippen LogP contribution in [0.2, 0.25) is 0 Å². The maximum Gasteiger partial charge on any atom is 0.0340 e. The van der Waals surface area contributed by atoms with Crippen LogP contribution in [0.25, 0.3) is 21.9 Å². The molecular weight excluding hydrogens is 374 g/mol. The van der Waals surface area contributed by atoms with Gasteiger partial charge in [0.05, 0.1) is 0 Å². The van der Waals surface area contributed by atoms with Crippen LogP contribution in [0.3, 0.4) is 0 Å². The van der Waals surface area contributed by atoms with Crippen LogP contribution < -0.4 is 0 Å². The van der Waals surface area contributed by atoms with Crippen molar-refractivity contribution in [3.63, 3.8) is 0 Å². The zero-order valence-corrected chi connectivity index (χ0v) is 17.8. The van der Waals surface area contributed by atoms with Crippen LogP contribution in [0.4, 0.5) is 0 Å². The number of fused-ring (bicyclic) bond motifs is 1. The average molecular weight is 400 g/mol. The van der Waals surface area contributed by atoms with Gasteiger partial charge in [-0.15, -0.1) is 0 Å². The van der Waals surface area contributed by atoms with Crippen LogP contribution >= 0.6 is 11.6 Å². The second-order valence-electron chi connectivity index (χ2n) is 8.53. The van der Waals surface area contributed by atoms with E-state index in [0.29, 0.717) is 5.03 Å². The predicted molar refractivity (Wildman–Crippen MR) is 126 cm³/mol. The average Bonchev–Trinajstić information content (AvgIpc) is 2.70. The number of allylic oxidation sites excluding steroid dienone is 5. The van der Waals surface area contributed by atoms with E-state index < -0.39 is 0 Å². The first-order valence-corrected chi connectivity index (χ1v) is 10.5. The van der Waals surface area contributed by atoms with E-state index in [9.17, 15) is 0 Å². The van der Waals surface area contributed by atoms with Crippen molar-refractivity contribution in [2.45, 2.75) is 26.7 Å². The molecule has 2 aromatic carbocycles. The SMILES string of the molecule is C=C(Cl)C=C(C(=CC1(C)CC(C)C1)c1ccc2ccccc2c1)c1ccncc1. The smallest absolute Gasteiger partial charge is 0.0340 e. The monoisotopic (exact) mass is 399 g/mol. The molecule has 1 heterocycles. The lowest BCUT2D eigenvalue weighted by molar-refractivity contribution is 0.146. The lowest BCUT2D eigenvalue weighted by Gasteiger charge is -2.42. The Morgan fingerprint density at radius 2 is 1.69 bits per heavy atom. The highest BCUT2D eigenvalue weighted by Crippen LogP contribution is 2.49. The second kappa shape index (κ2) is 8.00. The first kappa shape index (κ1) is 19.7. The molecule has 1 aliphatic rings. The van der Waals surface area contributed by atoms with Gasteiger partial charge in [-0.2, -0.15) is 0 Å². The Morgan fingerprint density at radius 3 is 2.34 bits per heavy atom. The third kappa shape index (κ3) is 4.36. The molecule has 4 rings (SSSR count). The minimum atomic E-state index is 0.195. The largest absolute Gasteiger partial charge is 0.265 e. The fourth-order valence-electron chi connectivity index (χ4n) is 4.68. The molecule has 0 unspecified atom stereocenters. The van der Waals surface area contributed by atoms with Crippen LogP contribution in [-0.2, 0) is 0 Å². The number of aromatic nitrogens is 1. The van der Waals surface area contributed by atoms with Crippen molar-refractivity contribution < 1.29 is 0 Å². The van der Waals surface area contributed by atoms with Gasteiger partial charge >= 0.3 is 0 Å². The van der Waals surface area contributed by atoms with Gasteiger partial charge in [0.15, 0.2) is 0 Å². The summed E-state index contributed by atoms with van der Waals surface area (Å²) in [6.07, 6.45) is 10.5. The lowest BCUT2D eigenvalue weighted by Crippen LogP contribution is -2.31. The Labute approximate surface area is 178 Å². The molecule has 1 nitrogen and oxygen atoms in total. The zero-order valence-electron chi connectivity index (χ0n) is 17.0. The van der Waals surface area contributed by atoms with Crippen molar-refractivity contribution in [2.75, 3.05) is 0 Å². The minimum Gasteiger partial charge on any atom is -0.265 e. The third-order valence-corrected chi connectivity index (χ3v) is 5.87. The molecule has 1 aromatic heterocycles. The molecule has 0 aliphatic heterocycles. The van der Waals surface area contributed by atoms with Crippen molar-refractivity contribution in [1.82, 2.24) is 4.98 Å². The summed E-state index contributed by atoms with van der Waals surface area (Å²) in [5.41, 5.74) is 4.78. The molecule has 0 radical (unpaired) electrons. The Kier molecular flexibility index (Phi) is 5.43. The van der Waals surface area contributed by atoms with E-state index in [2.05, 4.69) is 74.0 Å². The number of rotatable bonds is 5. The van der Waals surface area contributed by atoms with Crippen LogP contribution in [0.1, 0.15) is 37.8 Å². The highest BCUT2D eigenvalue weighted by molar-refractivity contribution is 6.32. The molecule has 0 saturated heterocycles. The minimum absolute atomic E-state index is 0.195. The topological polar surface area (TPSA) is 12.9 Å². The molecule has 0 atom stereocenters. The van der Waals surface area contributed by atoms with E-state index in [1.54, 1.807) is 0 Å². The Bertz CT molecular complexity index is 1100. The predicted octanol–water partition coefficient (Wildman–Crippen LogP) is 7.89. The summed E-state index contributed by atoms with van der Waals surface area (Å²) in [6, 6.07) is 19.2. The Hall–Kier alpha value is -2.64. The van der Waals surface area contributed by atoms with Crippen LogP contribution in [0, 0.1) is 11.3 Å². The van der Waals surface area contributed by atoms with Crippen molar-refractivity contribution >= 4 is 33.5 Å². The van der Waals surface area contributed by atoms with Gasteiger partial charge in [-0.1, -0.05) is 74.5 Å². The first-order valence-electron chi connectivity index (χ1n) is 10.1. The fraction of sp³-hybridized carbons (Fsp3) is 0.222. The summed E-state index contributed by atoms with van der Waals surface area (Å²) in [6.45, 7) is 8.62. The van der Waals surface area contributed by atoms with Gasteiger partial charge in [0, 0.05) is 17.4 Å². The van der Waals surface area contributed by atoms with E-state index >= 15 is 0 Å². The second-order valence-corrected chi connectivity index (χ2v) is 9.01. The summed E-state index contributed by atoms with van der Waals surface area (Å²) < 4.78 is 0. The van der Waals surface area contributed by atoms with E-state index in [1.165, 1.54) is 34.8 Å². The Balaban J connectivity index is 1.91. The van der Waals surface area contributed by atoms with Gasteiger partial charge < -0.3 is 0 Å². The van der Waals surface area contributed by atoms with Gasteiger partial charge in [0.2, 0.25) is 0 Å². The van der Waals surface area contributed by atoms with Gasteiger partial charge in [-0.25, -0.2) is 0 Å². The molecule has 146 valence electrons. The van der Waals surface area contributed by atoms with Crippen LogP contribution in [0.5, 0.6) is 0 Å². The molecule has 1 fully saturated rings. The summed E-state index contributed by atoms with van der Waals surface area (Å²) in [5, 5.41) is 3.01. The van der Waals surface area contributed by atoms with Crippen molar-refractivity contribution in [1.29, 1.82) is 0 Å². The Morgan fingerprint density at radius 1 is 1.00 bits per heavy atom. The fourth-order valence-corrected chi connectivity index (χ4v) is 4.79. The number of pyridine rings is 1. The van der Waals surface area contributed by atoms with Crippen molar-refractivity contribution in [2.24, 2.45) is 11.3 Å². The molecule has 29 heavy (non-hydrogen) atoms. The van der Waals surface area contributed by atoms with E-state index in [0.717, 1.165) is 17.1 Å². The highest BCUT2D eigenvalue weighted by atomic mass is 35.5. The first-order chi connectivity index (χ1) is 13.9. The normalized spacial score (nSPS) is 22.4. The van der Waals surface area contributed by atoms with Crippen molar-refractivity contribution in [3.05, 3.63) is 102 Å². The molecule has 3 aromatic rings. The quantitative estimate of drug-likeness (QED) is 0.397. The number of hydrogen-bond acceptors (Lipinski definition) is 1. The highest BCUT2D eigenvalue weighted by Gasteiger charge is 2.36. The summed E-state index contributed by atoms with van der Waals surface area (Å²) >= 11 is 6.28. The molecule has 0 amide bonds. The van der Waals surface area contributed by atoms with Gasteiger partial charge in [-0.3, -0.25) is 4.98 Å². The van der Waals surface area contributed by atoms with E-state index in [1.807, 2.05) is 30.6 Å².